The van der Waals surface area contributed by atoms with Crippen LogP contribution in [0.15, 0.2) is 36.4 Å². The van der Waals surface area contributed by atoms with Gasteiger partial charge in [0, 0.05) is 5.92 Å². The minimum absolute atomic E-state index is 0.00766. The largest absolute Gasteiger partial charge is 0.493 e. The molecule has 0 saturated heterocycles. The molecule has 1 atom stereocenters. The van der Waals surface area contributed by atoms with E-state index in [0.29, 0.717) is 31.1 Å². The number of methoxy groups -OCH3 is 2. The lowest BCUT2D eigenvalue weighted by Gasteiger charge is -2.17. The Morgan fingerprint density at radius 2 is 1.71 bits per heavy atom. The number of hydrogen-bond acceptors (Lipinski definition) is 4. The van der Waals surface area contributed by atoms with Crippen molar-refractivity contribution in [3.8, 4) is 17.2 Å². The van der Waals surface area contributed by atoms with E-state index in [1.807, 2.05) is 31.2 Å². The molecular formula is C19H24FNO3. The van der Waals surface area contributed by atoms with Crippen molar-refractivity contribution in [1.82, 2.24) is 0 Å². The summed E-state index contributed by atoms with van der Waals surface area (Å²) >= 11 is 0. The molecule has 0 aliphatic heterocycles. The van der Waals surface area contributed by atoms with Crippen molar-refractivity contribution in [2.45, 2.75) is 19.3 Å². The average molecular weight is 333 g/mol. The van der Waals surface area contributed by atoms with Crippen LogP contribution in [0.3, 0.4) is 0 Å². The number of ether oxygens (including phenoxy) is 3. The van der Waals surface area contributed by atoms with E-state index in [2.05, 4.69) is 0 Å². The third-order valence-corrected chi connectivity index (χ3v) is 3.94. The fourth-order valence-corrected chi connectivity index (χ4v) is 2.67. The fourth-order valence-electron chi connectivity index (χ4n) is 2.67. The molecule has 2 rings (SSSR count). The Bertz CT molecular complexity index is 676. The number of nitrogens with two attached hydrogens (primary N) is 1. The first-order valence-electron chi connectivity index (χ1n) is 7.96. The molecule has 2 N–H and O–H groups in total. The van der Waals surface area contributed by atoms with Crippen LogP contribution >= 0.6 is 0 Å². The van der Waals surface area contributed by atoms with Gasteiger partial charge in [0.2, 0.25) is 0 Å². The molecule has 0 radical (unpaired) electrons. The normalized spacial score (nSPS) is 11.9. The summed E-state index contributed by atoms with van der Waals surface area (Å²) in [6.45, 7) is 2.68. The highest BCUT2D eigenvalue weighted by Crippen LogP contribution is 2.31. The van der Waals surface area contributed by atoms with Crippen LogP contribution in [0.4, 0.5) is 4.39 Å². The average Bonchev–Trinajstić information content (AvgIpc) is 2.61. The summed E-state index contributed by atoms with van der Waals surface area (Å²) in [4.78, 5) is 0. The minimum atomic E-state index is -0.361. The molecule has 0 fully saturated rings. The first kappa shape index (κ1) is 18.1. The molecule has 130 valence electrons. The van der Waals surface area contributed by atoms with E-state index in [9.17, 15) is 4.39 Å². The minimum Gasteiger partial charge on any atom is -0.493 e. The van der Waals surface area contributed by atoms with Crippen LogP contribution in [-0.2, 0) is 6.42 Å². The molecule has 0 heterocycles. The molecule has 0 amide bonds. The van der Waals surface area contributed by atoms with E-state index in [1.165, 1.54) is 6.07 Å². The van der Waals surface area contributed by atoms with Crippen LogP contribution in [0.25, 0.3) is 0 Å². The smallest absolute Gasteiger partial charge is 0.165 e. The fraction of sp³-hybridized carbons (Fsp3) is 0.368. The van der Waals surface area contributed by atoms with Crippen molar-refractivity contribution in [1.29, 1.82) is 0 Å². The van der Waals surface area contributed by atoms with Gasteiger partial charge >= 0.3 is 0 Å². The van der Waals surface area contributed by atoms with E-state index in [0.717, 1.165) is 11.1 Å². The summed E-state index contributed by atoms with van der Waals surface area (Å²) in [5, 5.41) is 0. The topological polar surface area (TPSA) is 53.7 Å². The predicted octanol–water partition coefficient (Wildman–Crippen LogP) is 3.53. The van der Waals surface area contributed by atoms with Gasteiger partial charge in [-0.2, -0.15) is 0 Å². The second-order valence-corrected chi connectivity index (χ2v) is 5.45. The predicted molar refractivity (Wildman–Crippen MR) is 92.6 cm³/mol. The molecule has 0 aromatic heterocycles. The standard InChI is InChI=1S/C19H24FNO3/c1-4-24-17-8-6-14(11-16(17)20)15(12-21)9-13-5-7-18(22-2)19(10-13)23-3/h5-8,10-11,15H,4,9,12,21H2,1-3H3. The molecule has 0 spiro atoms. The van der Waals surface area contributed by atoms with Gasteiger partial charge in [0.05, 0.1) is 20.8 Å². The van der Waals surface area contributed by atoms with Crippen LogP contribution in [-0.4, -0.2) is 27.4 Å². The molecule has 0 saturated carbocycles. The number of benzene rings is 2. The van der Waals surface area contributed by atoms with Crippen molar-refractivity contribution in [3.05, 3.63) is 53.3 Å². The Balaban J connectivity index is 2.21. The zero-order valence-corrected chi connectivity index (χ0v) is 14.3. The van der Waals surface area contributed by atoms with Crippen molar-refractivity contribution >= 4 is 0 Å². The molecule has 4 nitrogen and oxygen atoms in total. The van der Waals surface area contributed by atoms with Crippen molar-refractivity contribution in [2.24, 2.45) is 5.73 Å². The monoisotopic (exact) mass is 333 g/mol. The molecule has 0 aliphatic rings. The van der Waals surface area contributed by atoms with Crippen LogP contribution < -0.4 is 19.9 Å². The third-order valence-electron chi connectivity index (χ3n) is 3.94. The lowest BCUT2D eigenvalue weighted by atomic mass is 9.91. The molecule has 5 heteroatoms. The van der Waals surface area contributed by atoms with E-state index in [1.54, 1.807) is 20.3 Å². The van der Waals surface area contributed by atoms with Crippen molar-refractivity contribution in [3.63, 3.8) is 0 Å². The quantitative estimate of drug-likeness (QED) is 0.803. The molecule has 0 aliphatic carbocycles. The first-order valence-corrected chi connectivity index (χ1v) is 7.96. The zero-order chi connectivity index (χ0) is 17.5. The van der Waals surface area contributed by atoms with Crippen LogP contribution in [0.1, 0.15) is 24.0 Å². The second kappa shape index (κ2) is 8.55. The molecular weight excluding hydrogens is 309 g/mol. The Morgan fingerprint density at radius 1 is 1.00 bits per heavy atom. The number of rotatable bonds is 8. The molecule has 1 unspecified atom stereocenters. The lowest BCUT2D eigenvalue weighted by Crippen LogP contribution is -2.15. The van der Waals surface area contributed by atoms with Gasteiger partial charge < -0.3 is 19.9 Å². The van der Waals surface area contributed by atoms with E-state index < -0.39 is 0 Å². The molecule has 24 heavy (non-hydrogen) atoms. The van der Waals surface area contributed by atoms with Gasteiger partial charge in [-0.3, -0.25) is 0 Å². The summed E-state index contributed by atoms with van der Waals surface area (Å²) < 4.78 is 29.9. The highest BCUT2D eigenvalue weighted by atomic mass is 19.1. The van der Waals surface area contributed by atoms with Gasteiger partial charge in [0.15, 0.2) is 23.1 Å². The van der Waals surface area contributed by atoms with Gasteiger partial charge in [0.1, 0.15) is 0 Å². The van der Waals surface area contributed by atoms with Gasteiger partial charge in [-0.05, 0) is 55.3 Å². The van der Waals surface area contributed by atoms with Crippen molar-refractivity contribution in [2.75, 3.05) is 27.4 Å². The first-order chi connectivity index (χ1) is 11.6. The molecule has 2 aromatic rings. The maximum atomic E-state index is 14.1. The summed E-state index contributed by atoms with van der Waals surface area (Å²) in [6.07, 6.45) is 0.685. The van der Waals surface area contributed by atoms with Crippen LogP contribution in [0.5, 0.6) is 17.2 Å². The van der Waals surface area contributed by atoms with Gasteiger partial charge in [-0.25, -0.2) is 4.39 Å². The lowest BCUT2D eigenvalue weighted by molar-refractivity contribution is 0.321. The van der Waals surface area contributed by atoms with Gasteiger partial charge in [-0.1, -0.05) is 12.1 Å². The molecule has 2 aromatic carbocycles. The summed E-state index contributed by atoms with van der Waals surface area (Å²) in [6, 6.07) is 10.8. The second-order valence-electron chi connectivity index (χ2n) is 5.45. The van der Waals surface area contributed by atoms with Gasteiger partial charge in [0.25, 0.3) is 0 Å². The molecule has 0 bridgehead atoms. The van der Waals surface area contributed by atoms with Crippen molar-refractivity contribution < 1.29 is 18.6 Å². The summed E-state index contributed by atoms with van der Waals surface area (Å²) in [7, 11) is 3.20. The zero-order valence-electron chi connectivity index (χ0n) is 14.3. The number of halogens is 1. The Kier molecular flexibility index (Phi) is 6.44. The SMILES string of the molecule is CCOc1ccc(C(CN)Cc2ccc(OC)c(OC)c2)cc1F. The Hall–Kier alpha value is -2.27. The van der Waals surface area contributed by atoms with E-state index >= 15 is 0 Å². The Labute approximate surface area is 142 Å². The third kappa shape index (κ3) is 4.17. The van der Waals surface area contributed by atoms with Crippen LogP contribution in [0, 0.1) is 5.82 Å². The maximum absolute atomic E-state index is 14.1. The van der Waals surface area contributed by atoms with E-state index in [4.69, 9.17) is 19.9 Å². The van der Waals surface area contributed by atoms with Gasteiger partial charge in [-0.15, -0.1) is 0 Å². The summed E-state index contributed by atoms with van der Waals surface area (Å²) in [5.74, 6) is 1.26. The number of hydrogen-bond donors (Lipinski definition) is 1. The van der Waals surface area contributed by atoms with Crippen LogP contribution in [0.2, 0.25) is 0 Å². The highest BCUT2D eigenvalue weighted by Gasteiger charge is 2.15. The van der Waals surface area contributed by atoms with E-state index in [-0.39, 0.29) is 17.5 Å². The maximum Gasteiger partial charge on any atom is 0.165 e. The Morgan fingerprint density at radius 3 is 2.29 bits per heavy atom. The highest BCUT2D eigenvalue weighted by molar-refractivity contribution is 5.43. The summed E-state index contributed by atoms with van der Waals surface area (Å²) in [5.41, 5.74) is 7.82.